The number of hydrogen-bond donors (Lipinski definition) is 1. The van der Waals surface area contributed by atoms with E-state index in [9.17, 15) is 22.0 Å². The molecule has 140 valence electrons. The van der Waals surface area contributed by atoms with E-state index in [2.05, 4.69) is 4.72 Å². The van der Waals surface area contributed by atoms with Crippen LogP contribution in [0.4, 0.5) is 8.78 Å². The van der Waals surface area contributed by atoms with Gasteiger partial charge < -0.3 is 4.90 Å². The van der Waals surface area contributed by atoms with Crippen LogP contribution in [0.25, 0.3) is 0 Å². The maximum Gasteiger partial charge on any atom is 0.240 e. The fourth-order valence-corrected chi connectivity index (χ4v) is 3.38. The second kappa shape index (κ2) is 8.37. The Hall–Kier alpha value is -2.32. The molecular weight excluding hydrogens is 362 g/mol. The summed E-state index contributed by atoms with van der Waals surface area (Å²) in [5.41, 5.74) is 2.07. The summed E-state index contributed by atoms with van der Waals surface area (Å²) in [5.74, 6) is -2.61. The number of benzene rings is 2. The normalized spacial score (nSPS) is 11.4. The number of sulfonamides is 1. The third-order valence-electron chi connectivity index (χ3n) is 3.93. The summed E-state index contributed by atoms with van der Waals surface area (Å²) < 4.78 is 52.4. The van der Waals surface area contributed by atoms with E-state index in [4.69, 9.17) is 0 Å². The molecular formula is C18H20F2N2O3S. The maximum absolute atomic E-state index is 13.2. The quantitative estimate of drug-likeness (QED) is 0.801. The maximum atomic E-state index is 13.2. The summed E-state index contributed by atoms with van der Waals surface area (Å²) in [6.07, 6.45) is -0.0503. The van der Waals surface area contributed by atoms with Gasteiger partial charge in [-0.1, -0.05) is 24.3 Å². The molecule has 0 spiro atoms. The van der Waals surface area contributed by atoms with Crippen molar-refractivity contribution in [1.29, 1.82) is 0 Å². The summed E-state index contributed by atoms with van der Waals surface area (Å²) in [4.78, 5) is 13.3. The Balaban J connectivity index is 1.90. The summed E-state index contributed by atoms with van der Waals surface area (Å²) in [6.45, 7) is 2.23. The van der Waals surface area contributed by atoms with Crippen molar-refractivity contribution < 1.29 is 22.0 Å². The Labute approximate surface area is 151 Å². The number of rotatable bonds is 7. The van der Waals surface area contributed by atoms with E-state index < -0.39 is 26.6 Å². The average molecular weight is 382 g/mol. The molecule has 1 N–H and O–H groups in total. The molecule has 5 nitrogen and oxygen atoms in total. The summed E-state index contributed by atoms with van der Waals surface area (Å²) in [5, 5.41) is 0. The molecule has 2 rings (SSSR count). The zero-order valence-corrected chi connectivity index (χ0v) is 15.3. The van der Waals surface area contributed by atoms with Gasteiger partial charge in [-0.05, 0) is 36.2 Å². The number of nitrogens with zero attached hydrogens (tertiary/aromatic N) is 1. The lowest BCUT2D eigenvalue weighted by molar-refractivity contribution is -0.130. The van der Waals surface area contributed by atoms with Gasteiger partial charge in [-0.3, -0.25) is 4.79 Å². The minimum atomic E-state index is -4.01. The Morgan fingerprint density at radius 3 is 2.46 bits per heavy atom. The molecule has 0 unspecified atom stereocenters. The molecule has 0 saturated carbocycles. The minimum absolute atomic E-state index is 0.0503. The Morgan fingerprint density at radius 2 is 1.81 bits per heavy atom. The summed E-state index contributed by atoms with van der Waals surface area (Å²) in [7, 11) is -2.38. The molecule has 0 saturated heterocycles. The van der Waals surface area contributed by atoms with Crippen LogP contribution < -0.4 is 4.72 Å². The second-order valence-corrected chi connectivity index (χ2v) is 7.67. The number of nitrogens with one attached hydrogen (secondary N) is 1. The van der Waals surface area contributed by atoms with Crippen molar-refractivity contribution in [2.45, 2.75) is 24.8 Å². The molecule has 1 amide bonds. The van der Waals surface area contributed by atoms with E-state index in [1.807, 2.05) is 31.2 Å². The number of carbonyl (C=O) groups excluding carboxylic acids is 1. The SMILES string of the molecule is Cc1ccccc1CN(C)C(=O)CCNS(=O)(=O)c1ccc(F)c(F)c1. The van der Waals surface area contributed by atoms with Crippen LogP contribution in [0.15, 0.2) is 47.4 Å². The van der Waals surface area contributed by atoms with E-state index in [-0.39, 0.29) is 18.9 Å². The van der Waals surface area contributed by atoms with Crippen LogP contribution in [0.2, 0.25) is 0 Å². The van der Waals surface area contributed by atoms with Crippen molar-refractivity contribution in [2.24, 2.45) is 0 Å². The van der Waals surface area contributed by atoms with E-state index in [1.165, 1.54) is 4.90 Å². The van der Waals surface area contributed by atoms with E-state index in [0.717, 1.165) is 23.3 Å². The predicted molar refractivity (Wildman–Crippen MR) is 93.8 cm³/mol. The highest BCUT2D eigenvalue weighted by atomic mass is 32.2. The van der Waals surface area contributed by atoms with Crippen LogP contribution in [-0.2, 0) is 21.4 Å². The van der Waals surface area contributed by atoms with Gasteiger partial charge >= 0.3 is 0 Å². The molecule has 8 heteroatoms. The molecule has 0 aliphatic rings. The van der Waals surface area contributed by atoms with Crippen molar-refractivity contribution in [3.63, 3.8) is 0 Å². The highest BCUT2D eigenvalue weighted by Crippen LogP contribution is 2.14. The first-order valence-electron chi connectivity index (χ1n) is 7.94. The van der Waals surface area contributed by atoms with Crippen molar-refractivity contribution in [2.75, 3.05) is 13.6 Å². The van der Waals surface area contributed by atoms with Gasteiger partial charge in [0.05, 0.1) is 4.90 Å². The van der Waals surface area contributed by atoms with Gasteiger partial charge in [-0.25, -0.2) is 21.9 Å². The van der Waals surface area contributed by atoms with E-state index >= 15 is 0 Å². The summed E-state index contributed by atoms with van der Waals surface area (Å²) >= 11 is 0. The number of carbonyl (C=O) groups is 1. The van der Waals surface area contributed by atoms with Crippen molar-refractivity contribution >= 4 is 15.9 Å². The molecule has 26 heavy (non-hydrogen) atoms. The van der Waals surface area contributed by atoms with Gasteiger partial charge in [0, 0.05) is 26.6 Å². The van der Waals surface area contributed by atoms with Crippen LogP contribution >= 0.6 is 0 Å². The van der Waals surface area contributed by atoms with Gasteiger partial charge in [0.2, 0.25) is 15.9 Å². The van der Waals surface area contributed by atoms with Crippen molar-refractivity contribution in [3.05, 3.63) is 65.2 Å². The molecule has 0 heterocycles. The second-order valence-electron chi connectivity index (χ2n) is 5.90. The first kappa shape index (κ1) is 20.0. The Morgan fingerprint density at radius 1 is 1.12 bits per heavy atom. The third-order valence-corrected chi connectivity index (χ3v) is 5.39. The topological polar surface area (TPSA) is 66.5 Å². The van der Waals surface area contributed by atoms with Gasteiger partial charge in [0.1, 0.15) is 0 Å². The molecule has 0 aromatic heterocycles. The van der Waals surface area contributed by atoms with Gasteiger partial charge in [0.25, 0.3) is 0 Å². The standard InChI is InChI=1S/C18H20F2N2O3S/c1-13-5-3-4-6-14(13)12-22(2)18(23)9-10-21-26(24,25)15-7-8-16(19)17(20)11-15/h3-8,11,21H,9-10,12H2,1-2H3. The predicted octanol–water partition coefficient (Wildman–Crippen LogP) is 2.60. The molecule has 0 fully saturated rings. The van der Waals surface area contributed by atoms with Crippen molar-refractivity contribution in [1.82, 2.24) is 9.62 Å². The van der Waals surface area contributed by atoms with Crippen LogP contribution in [0.5, 0.6) is 0 Å². The van der Waals surface area contributed by atoms with Gasteiger partial charge in [0.15, 0.2) is 11.6 Å². The Kier molecular flexibility index (Phi) is 6.44. The number of aryl methyl sites for hydroxylation is 1. The zero-order valence-electron chi connectivity index (χ0n) is 14.5. The zero-order chi connectivity index (χ0) is 19.3. The van der Waals surface area contributed by atoms with Crippen LogP contribution in [0.3, 0.4) is 0 Å². The Bertz CT molecular complexity index is 901. The van der Waals surface area contributed by atoms with Crippen LogP contribution in [0, 0.1) is 18.6 Å². The summed E-state index contributed by atoms with van der Waals surface area (Å²) in [6, 6.07) is 9.97. The first-order chi connectivity index (χ1) is 12.2. The third kappa shape index (κ3) is 5.09. The molecule has 0 bridgehead atoms. The van der Waals surface area contributed by atoms with Crippen molar-refractivity contribution in [3.8, 4) is 0 Å². The smallest absolute Gasteiger partial charge is 0.240 e. The first-order valence-corrected chi connectivity index (χ1v) is 9.42. The molecule has 0 atom stereocenters. The fraction of sp³-hybridized carbons (Fsp3) is 0.278. The number of halogens is 2. The molecule has 0 aliphatic heterocycles. The highest BCUT2D eigenvalue weighted by Gasteiger charge is 2.17. The minimum Gasteiger partial charge on any atom is -0.341 e. The van der Waals surface area contributed by atoms with Crippen LogP contribution in [-0.4, -0.2) is 32.8 Å². The lowest BCUT2D eigenvalue weighted by atomic mass is 10.1. The molecule has 0 aliphatic carbocycles. The van der Waals surface area contributed by atoms with Crippen LogP contribution in [0.1, 0.15) is 17.5 Å². The lowest BCUT2D eigenvalue weighted by Crippen LogP contribution is -2.32. The van der Waals surface area contributed by atoms with Gasteiger partial charge in [-0.15, -0.1) is 0 Å². The highest BCUT2D eigenvalue weighted by molar-refractivity contribution is 7.89. The molecule has 2 aromatic rings. The van der Waals surface area contributed by atoms with E-state index in [1.54, 1.807) is 7.05 Å². The number of amides is 1. The average Bonchev–Trinajstić information content (AvgIpc) is 2.59. The molecule has 2 aromatic carbocycles. The molecule has 0 radical (unpaired) electrons. The number of hydrogen-bond acceptors (Lipinski definition) is 3. The largest absolute Gasteiger partial charge is 0.341 e. The lowest BCUT2D eigenvalue weighted by Gasteiger charge is -2.18. The van der Waals surface area contributed by atoms with Gasteiger partial charge in [-0.2, -0.15) is 0 Å². The van der Waals surface area contributed by atoms with E-state index in [0.29, 0.717) is 12.6 Å². The fourth-order valence-electron chi connectivity index (χ4n) is 2.34. The monoisotopic (exact) mass is 382 g/mol.